The minimum Gasteiger partial charge on any atom is -0.122 e. The van der Waals surface area contributed by atoms with Crippen molar-refractivity contribution in [1.82, 2.24) is 0 Å². The molecule has 0 saturated heterocycles. The van der Waals surface area contributed by atoms with Crippen LogP contribution in [0.4, 0.5) is 0 Å². The molecule has 0 aromatic heterocycles. The van der Waals surface area contributed by atoms with Crippen molar-refractivity contribution < 1.29 is 0 Å². The second-order valence-electron chi connectivity index (χ2n) is 1.60. The summed E-state index contributed by atoms with van der Waals surface area (Å²) in [6.45, 7) is 3.93. The number of hydrogen-bond acceptors (Lipinski definition) is 0. The molecule has 0 aliphatic rings. The fourth-order valence-electron chi connectivity index (χ4n) is 0.325. The molecule has 0 amide bonds. The van der Waals surface area contributed by atoms with Crippen molar-refractivity contribution in [2.75, 3.05) is 0 Å². The Labute approximate surface area is 54.8 Å². The lowest BCUT2D eigenvalue weighted by molar-refractivity contribution is 0.790. The van der Waals surface area contributed by atoms with E-state index in [4.69, 9.17) is 23.2 Å². The van der Waals surface area contributed by atoms with Gasteiger partial charge in [-0.2, -0.15) is 0 Å². The largest absolute Gasteiger partial charge is 0.122 e. The summed E-state index contributed by atoms with van der Waals surface area (Å²) in [6.07, 6.45) is 0.951. The molecule has 2 heteroatoms. The molecule has 0 aromatic rings. The summed E-state index contributed by atoms with van der Waals surface area (Å²) in [7, 11) is 0. The monoisotopic (exact) mass is 140 g/mol. The van der Waals surface area contributed by atoms with E-state index in [0.29, 0.717) is 0 Å². The van der Waals surface area contributed by atoms with Crippen LogP contribution in [0.2, 0.25) is 0 Å². The zero-order valence-electron chi connectivity index (χ0n) is 4.62. The third-order valence-electron chi connectivity index (χ3n) is 0.888. The van der Waals surface area contributed by atoms with Crippen LogP contribution in [-0.2, 0) is 0 Å². The van der Waals surface area contributed by atoms with E-state index < -0.39 is 0 Å². The van der Waals surface area contributed by atoms with Gasteiger partial charge in [0.25, 0.3) is 0 Å². The summed E-state index contributed by atoms with van der Waals surface area (Å²) < 4.78 is 0. The summed E-state index contributed by atoms with van der Waals surface area (Å²) in [5, 5.41) is 0.244. The number of hydrogen-bond donors (Lipinski definition) is 0. The predicted molar refractivity (Wildman–Crippen MR) is 35.2 cm³/mol. The summed E-state index contributed by atoms with van der Waals surface area (Å²) in [5.74, 6) is 0. The van der Waals surface area contributed by atoms with Crippen molar-refractivity contribution in [3.63, 3.8) is 0 Å². The van der Waals surface area contributed by atoms with E-state index in [-0.39, 0.29) is 10.8 Å². The van der Waals surface area contributed by atoms with Gasteiger partial charge in [-0.3, -0.25) is 0 Å². The summed E-state index contributed by atoms with van der Waals surface area (Å²) >= 11 is 11.3. The van der Waals surface area contributed by atoms with Crippen LogP contribution in [0.1, 0.15) is 20.3 Å². The van der Waals surface area contributed by atoms with Crippen molar-refractivity contribution in [2.24, 2.45) is 0 Å². The van der Waals surface area contributed by atoms with Gasteiger partial charge in [-0.1, -0.05) is 6.92 Å². The van der Waals surface area contributed by atoms with Crippen LogP contribution in [0.3, 0.4) is 0 Å². The Kier molecular flexibility index (Phi) is 3.86. The molecule has 0 aromatic carbocycles. The van der Waals surface area contributed by atoms with Gasteiger partial charge in [0, 0.05) is 10.8 Å². The number of halogens is 2. The zero-order chi connectivity index (χ0) is 5.86. The van der Waals surface area contributed by atoms with Gasteiger partial charge in [-0.05, 0) is 13.3 Å². The van der Waals surface area contributed by atoms with Gasteiger partial charge < -0.3 is 0 Å². The zero-order valence-corrected chi connectivity index (χ0v) is 6.13. The SMILES string of the molecule is CC[C@@H](Cl)[C@@H](C)Cl. The van der Waals surface area contributed by atoms with E-state index in [1.54, 1.807) is 0 Å². The normalized spacial score (nSPS) is 18.9. The molecule has 0 rings (SSSR count). The fraction of sp³-hybridized carbons (Fsp3) is 1.00. The predicted octanol–water partition coefficient (Wildman–Crippen LogP) is 2.63. The van der Waals surface area contributed by atoms with Crippen LogP contribution in [0.25, 0.3) is 0 Å². The topological polar surface area (TPSA) is 0 Å². The average molecular weight is 141 g/mol. The Morgan fingerprint density at radius 1 is 1.43 bits per heavy atom. The molecule has 0 fully saturated rings. The van der Waals surface area contributed by atoms with E-state index in [9.17, 15) is 0 Å². The highest BCUT2D eigenvalue weighted by Crippen LogP contribution is 2.11. The smallest absolute Gasteiger partial charge is 0.0494 e. The first-order chi connectivity index (χ1) is 3.18. The Morgan fingerprint density at radius 3 is 1.86 bits per heavy atom. The molecule has 0 unspecified atom stereocenters. The van der Waals surface area contributed by atoms with E-state index >= 15 is 0 Å². The molecule has 0 bridgehead atoms. The Hall–Kier alpha value is 0.580. The highest BCUT2D eigenvalue weighted by molar-refractivity contribution is 6.29. The van der Waals surface area contributed by atoms with Crippen LogP contribution in [0.15, 0.2) is 0 Å². The molecule has 0 nitrogen and oxygen atoms in total. The first kappa shape index (κ1) is 7.58. The van der Waals surface area contributed by atoms with Gasteiger partial charge in [-0.25, -0.2) is 0 Å². The minimum absolute atomic E-state index is 0.103. The molecular weight excluding hydrogens is 131 g/mol. The lowest BCUT2D eigenvalue weighted by Crippen LogP contribution is -2.08. The molecule has 0 radical (unpaired) electrons. The quantitative estimate of drug-likeness (QED) is 0.518. The number of alkyl halides is 2. The van der Waals surface area contributed by atoms with Gasteiger partial charge >= 0.3 is 0 Å². The van der Waals surface area contributed by atoms with Crippen molar-refractivity contribution in [3.05, 3.63) is 0 Å². The third-order valence-corrected chi connectivity index (χ3v) is 2.01. The second kappa shape index (κ2) is 3.57. The Morgan fingerprint density at radius 2 is 1.86 bits per heavy atom. The van der Waals surface area contributed by atoms with Crippen molar-refractivity contribution in [3.8, 4) is 0 Å². The van der Waals surface area contributed by atoms with Crippen molar-refractivity contribution >= 4 is 23.2 Å². The fourth-order valence-corrected chi connectivity index (χ4v) is 0.503. The molecule has 0 heterocycles. The maximum Gasteiger partial charge on any atom is 0.0494 e. The standard InChI is InChI=1S/C5H10Cl2/c1-3-5(7)4(2)6/h4-5H,3H2,1-2H3/t4-,5-/m1/s1. The Balaban J connectivity index is 3.14. The van der Waals surface area contributed by atoms with Crippen LogP contribution in [0, 0.1) is 0 Å². The van der Waals surface area contributed by atoms with Gasteiger partial charge in [0.15, 0.2) is 0 Å². The van der Waals surface area contributed by atoms with Crippen LogP contribution < -0.4 is 0 Å². The summed E-state index contributed by atoms with van der Waals surface area (Å²) in [5.41, 5.74) is 0. The van der Waals surface area contributed by atoms with E-state index in [0.717, 1.165) is 6.42 Å². The molecule has 0 aliphatic heterocycles. The number of rotatable bonds is 2. The van der Waals surface area contributed by atoms with Crippen LogP contribution in [0.5, 0.6) is 0 Å². The summed E-state index contributed by atoms with van der Waals surface area (Å²) in [4.78, 5) is 0. The molecular formula is C5H10Cl2. The lowest BCUT2D eigenvalue weighted by Gasteiger charge is -2.05. The highest BCUT2D eigenvalue weighted by atomic mass is 35.5. The molecule has 44 valence electrons. The van der Waals surface area contributed by atoms with Crippen molar-refractivity contribution in [1.29, 1.82) is 0 Å². The first-order valence-electron chi connectivity index (χ1n) is 2.46. The molecule has 0 aliphatic carbocycles. The second-order valence-corrected chi connectivity index (χ2v) is 2.85. The molecule has 7 heavy (non-hydrogen) atoms. The lowest BCUT2D eigenvalue weighted by atomic mass is 10.3. The minimum atomic E-state index is 0.103. The van der Waals surface area contributed by atoms with Crippen LogP contribution >= 0.6 is 23.2 Å². The summed E-state index contributed by atoms with van der Waals surface area (Å²) in [6, 6.07) is 0. The Bertz CT molecular complexity index is 43.3. The van der Waals surface area contributed by atoms with E-state index in [1.807, 2.05) is 13.8 Å². The molecule has 0 spiro atoms. The molecule has 0 N–H and O–H groups in total. The maximum absolute atomic E-state index is 5.67. The van der Waals surface area contributed by atoms with Gasteiger partial charge in [0.1, 0.15) is 0 Å². The van der Waals surface area contributed by atoms with Gasteiger partial charge in [0.05, 0.1) is 0 Å². The average Bonchev–Trinajstić information content (AvgIpc) is 1.65. The highest BCUT2D eigenvalue weighted by Gasteiger charge is 2.06. The third kappa shape index (κ3) is 3.19. The maximum atomic E-state index is 5.67. The van der Waals surface area contributed by atoms with Gasteiger partial charge in [-0.15, -0.1) is 23.2 Å². The molecule has 2 atom stereocenters. The van der Waals surface area contributed by atoms with Gasteiger partial charge in [0.2, 0.25) is 0 Å². The van der Waals surface area contributed by atoms with E-state index in [2.05, 4.69) is 0 Å². The van der Waals surface area contributed by atoms with Crippen LogP contribution in [-0.4, -0.2) is 10.8 Å². The molecule has 0 saturated carbocycles. The first-order valence-corrected chi connectivity index (χ1v) is 3.34. The van der Waals surface area contributed by atoms with E-state index in [1.165, 1.54) is 0 Å². The van der Waals surface area contributed by atoms with Crippen molar-refractivity contribution in [2.45, 2.75) is 31.0 Å².